The molecule has 0 aromatic heterocycles. The number of carboxylic acid groups (broad SMARTS) is 2. The average molecular weight is 268 g/mol. The zero-order chi connectivity index (χ0) is 10.3. The van der Waals surface area contributed by atoms with Crippen LogP contribution in [-0.2, 0) is 9.59 Å². The smallest absolute Gasteiger partial charge is 0.330 e. The van der Waals surface area contributed by atoms with Crippen LogP contribution in [0.4, 0.5) is 0 Å². The molecule has 116 valence electrons. The van der Waals surface area contributed by atoms with Crippen molar-refractivity contribution >= 4 is 11.9 Å². The topological polar surface area (TPSA) is 74.6 Å². The largest absolute Gasteiger partial charge is 0.478 e. The van der Waals surface area contributed by atoms with E-state index in [0.29, 0.717) is 0 Å². The maximum atomic E-state index is 9.60. The first-order valence-electron chi connectivity index (χ1n) is 3.06. The standard InChI is InChI=1S/2C4H6O2.6CH4/c2*1-3(2)4(5)6;;;;;;/h2*1H2,2H3,(H,5,6);6*1H4. The molecule has 2 N–H and O–H groups in total. The fourth-order valence-electron chi connectivity index (χ4n) is 0. The minimum absolute atomic E-state index is 0. The summed E-state index contributed by atoms with van der Waals surface area (Å²) in [6.07, 6.45) is 0. The zero-order valence-electron chi connectivity index (χ0n) is 7.13. The van der Waals surface area contributed by atoms with Gasteiger partial charge in [-0.05, 0) is 13.8 Å². The van der Waals surface area contributed by atoms with Gasteiger partial charge in [-0.25, -0.2) is 9.59 Å². The van der Waals surface area contributed by atoms with Gasteiger partial charge in [0.2, 0.25) is 0 Å². The van der Waals surface area contributed by atoms with Crippen LogP contribution in [0, 0.1) is 0 Å². The maximum absolute atomic E-state index is 9.60. The van der Waals surface area contributed by atoms with Crippen LogP contribution in [0.25, 0.3) is 0 Å². The Morgan fingerprint density at radius 2 is 0.722 bits per heavy atom. The van der Waals surface area contributed by atoms with Gasteiger partial charge in [-0.2, -0.15) is 0 Å². The van der Waals surface area contributed by atoms with Gasteiger partial charge in [0.05, 0.1) is 0 Å². The summed E-state index contributed by atoms with van der Waals surface area (Å²) in [7, 11) is 0. The van der Waals surface area contributed by atoms with E-state index in [2.05, 4.69) is 13.2 Å². The average Bonchev–Trinajstić information content (AvgIpc) is 1.88. The van der Waals surface area contributed by atoms with Gasteiger partial charge in [0.1, 0.15) is 0 Å². The van der Waals surface area contributed by atoms with Gasteiger partial charge in [-0.3, -0.25) is 0 Å². The van der Waals surface area contributed by atoms with Crippen molar-refractivity contribution in [2.45, 2.75) is 58.4 Å². The highest BCUT2D eigenvalue weighted by atomic mass is 16.4. The predicted molar refractivity (Wildman–Crippen MR) is 85.3 cm³/mol. The number of rotatable bonds is 2. The molecule has 0 fully saturated rings. The highest BCUT2D eigenvalue weighted by Gasteiger charge is 1.90. The molecule has 0 saturated carbocycles. The second-order valence-electron chi connectivity index (χ2n) is 2.17. The molecule has 4 nitrogen and oxygen atoms in total. The minimum atomic E-state index is -0.935. The second kappa shape index (κ2) is 29.5. The lowest BCUT2D eigenvalue weighted by molar-refractivity contribution is -0.133. The summed E-state index contributed by atoms with van der Waals surface area (Å²) in [5.74, 6) is -1.87. The normalized spacial score (nSPS) is 5.00. The Morgan fingerprint density at radius 3 is 0.722 bits per heavy atom. The van der Waals surface area contributed by atoms with E-state index in [1.54, 1.807) is 0 Å². The van der Waals surface area contributed by atoms with Gasteiger partial charge >= 0.3 is 11.9 Å². The monoisotopic (exact) mass is 268 g/mol. The van der Waals surface area contributed by atoms with Crippen LogP contribution in [0.2, 0.25) is 0 Å². The highest BCUT2D eigenvalue weighted by Crippen LogP contribution is 1.81. The van der Waals surface area contributed by atoms with Crippen LogP contribution in [0.5, 0.6) is 0 Å². The Morgan fingerprint density at radius 1 is 0.667 bits per heavy atom. The Balaban J connectivity index is -0.0000000139. The molecule has 0 spiro atoms. The van der Waals surface area contributed by atoms with Gasteiger partial charge in [-0.15, -0.1) is 0 Å². The first-order valence-corrected chi connectivity index (χ1v) is 3.06. The van der Waals surface area contributed by atoms with Crippen molar-refractivity contribution in [1.82, 2.24) is 0 Å². The second-order valence-corrected chi connectivity index (χ2v) is 2.17. The molecule has 4 heteroatoms. The molecule has 0 bridgehead atoms. The number of carboxylic acids is 2. The fourth-order valence-corrected chi connectivity index (χ4v) is 0. The van der Waals surface area contributed by atoms with E-state index >= 15 is 0 Å². The van der Waals surface area contributed by atoms with E-state index in [9.17, 15) is 9.59 Å². The van der Waals surface area contributed by atoms with Crippen LogP contribution < -0.4 is 0 Å². The molecule has 0 aromatic rings. The van der Waals surface area contributed by atoms with Crippen LogP contribution in [-0.4, -0.2) is 22.2 Å². The molecule has 0 amide bonds. The molecular formula is C14H36O4. The zero-order valence-corrected chi connectivity index (χ0v) is 7.13. The van der Waals surface area contributed by atoms with E-state index in [0.717, 1.165) is 0 Å². The summed E-state index contributed by atoms with van der Waals surface area (Å²) in [5, 5.41) is 15.8. The van der Waals surface area contributed by atoms with Crippen molar-refractivity contribution in [3.8, 4) is 0 Å². The lowest BCUT2D eigenvalue weighted by atomic mass is 10.4. The number of hydrogen-bond acceptors (Lipinski definition) is 2. The quantitative estimate of drug-likeness (QED) is 0.682. The van der Waals surface area contributed by atoms with E-state index < -0.39 is 11.9 Å². The summed E-state index contributed by atoms with van der Waals surface area (Å²) < 4.78 is 0. The lowest BCUT2D eigenvalue weighted by Gasteiger charge is -1.79. The Labute approximate surface area is 115 Å². The molecule has 18 heavy (non-hydrogen) atoms. The lowest BCUT2D eigenvalue weighted by Crippen LogP contribution is -1.92. The van der Waals surface area contributed by atoms with Crippen molar-refractivity contribution < 1.29 is 19.8 Å². The molecule has 0 atom stereocenters. The first-order chi connectivity index (χ1) is 5.29. The third-order valence-electron chi connectivity index (χ3n) is 0.730. The number of hydrogen-bond donors (Lipinski definition) is 2. The van der Waals surface area contributed by atoms with Crippen molar-refractivity contribution in [1.29, 1.82) is 0 Å². The van der Waals surface area contributed by atoms with Crippen molar-refractivity contribution in [3.63, 3.8) is 0 Å². The Kier molecular flexibility index (Phi) is 90.3. The Bertz CT molecular complexity index is 170. The molecule has 0 rings (SSSR count). The summed E-state index contributed by atoms with van der Waals surface area (Å²) in [5.41, 5.74) is 0.352. The molecule has 0 aliphatic heterocycles. The molecular weight excluding hydrogens is 232 g/mol. The summed E-state index contributed by atoms with van der Waals surface area (Å²) >= 11 is 0. The SMILES string of the molecule is C.C.C.C.C.C.C=C(C)C(=O)O.C=C(C)C(=O)O. The van der Waals surface area contributed by atoms with Crippen molar-refractivity contribution in [2.24, 2.45) is 0 Å². The summed E-state index contributed by atoms with van der Waals surface area (Å²) in [6.45, 7) is 9.20. The van der Waals surface area contributed by atoms with Gasteiger partial charge in [0, 0.05) is 11.1 Å². The summed E-state index contributed by atoms with van der Waals surface area (Å²) in [6, 6.07) is 0. The van der Waals surface area contributed by atoms with Crippen LogP contribution >= 0.6 is 0 Å². The van der Waals surface area contributed by atoms with Crippen LogP contribution in [0.1, 0.15) is 58.4 Å². The molecule has 0 aromatic carbocycles. The van der Waals surface area contributed by atoms with Gasteiger partial charge < -0.3 is 10.2 Å². The van der Waals surface area contributed by atoms with E-state index in [1.807, 2.05) is 0 Å². The Hall–Kier alpha value is -1.58. The van der Waals surface area contributed by atoms with E-state index in [4.69, 9.17) is 10.2 Å². The fraction of sp³-hybridized carbons (Fsp3) is 0.571. The van der Waals surface area contributed by atoms with Crippen molar-refractivity contribution in [2.75, 3.05) is 0 Å². The van der Waals surface area contributed by atoms with Crippen LogP contribution in [0.3, 0.4) is 0 Å². The minimum Gasteiger partial charge on any atom is -0.478 e. The molecule has 0 radical (unpaired) electrons. The summed E-state index contributed by atoms with van der Waals surface area (Å²) in [4.78, 5) is 19.2. The first kappa shape index (κ1) is 55.1. The molecule has 0 aliphatic rings. The molecule has 0 saturated heterocycles. The third kappa shape index (κ3) is 63.0. The molecule has 0 unspecified atom stereocenters. The molecule has 0 aliphatic carbocycles. The number of aliphatic carboxylic acids is 2. The number of carbonyl (C=O) groups is 2. The van der Waals surface area contributed by atoms with Crippen LogP contribution in [0.15, 0.2) is 24.3 Å². The van der Waals surface area contributed by atoms with E-state index in [1.165, 1.54) is 13.8 Å². The predicted octanol–water partition coefficient (Wildman–Crippen LogP) is 5.11. The third-order valence-corrected chi connectivity index (χ3v) is 0.730. The molecule has 0 heterocycles. The van der Waals surface area contributed by atoms with Gasteiger partial charge in [-0.1, -0.05) is 57.7 Å². The van der Waals surface area contributed by atoms with Gasteiger partial charge in [0.15, 0.2) is 0 Å². The van der Waals surface area contributed by atoms with E-state index in [-0.39, 0.29) is 55.7 Å². The van der Waals surface area contributed by atoms with Crippen molar-refractivity contribution in [3.05, 3.63) is 24.3 Å². The highest BCUT2D eigenvalue weighted by molar-refractivity contribution is 5.85. The van der Waals surface area contributed by atoms with Gasteiger partial charge in [0.25, 0.3) is 0 Å². The maximum Gasteiger partial charge on any atom is 0.330 e.